The van der Waals surface area contributed by atoms with Crippen molar-refractivity contribution in [1.29, 1.82) is 0 Å². The molecule has 17 heavy (non-hydrogen) atoms. The summed E-state index contributed by atoms with van der Waals surface area (Å²) in [5.41, 5.74) is 8.41. The summed E-state index contributed by atoms with van der Waals surface area (Å²) in [4.78, 5) is 4.38. The van der Waals surface area contributed by atoms with Crippen molar-refractivity contribution < 1.29 is 5.11 Å². The predicted molar refractivity (Wildman–Crippen MR) is 72.6 cm³/mol. The number of hydrogen-bond donors (Lipinski definition) is 2. The molecule has 92 valence electrons. The fraction of sp³-hybridized carbons (Fsp3) is 0.357. The number of aromatic nitrogens is 1. The van der Waals surface area contributed by atoms with Crippen LogP contribution < -0.4 is 5.73 Å². The van der Waals surface area contributed by atoms with E-state index in [-0.39, 0.29) is 6.61 Å². The van der Waals surface area contributed by atoms with E-state index < -0.39 is 0 Å². The Kier molecular flexibility index (Phi) is 4.91. The molecule has 0 radical (unpaired) electrons. The van der Waals surface area contributed by atoms with Crippen LogP contribution in [0.15, 0.2) is 30.4 Å². The lowest BCUT2D eigenvalue weighted by molar-refractivity contribution is 0.335. The number of nitrogens with two attached hydrogens (primary N) is 1. The maximum atomic E-state index is 8.90. The van der Waals surface area contributed by atoms with Crippen LogP contribution in [0.1, 0.15) is 37.4 Å². The SMILES string of the molecule is C=C(/C=C\c1ccc(N)nc1C(C)CC)CO. The van der Waals surface area contributed by atoms with E-state index in [0.717, 1.165) is 17.7 Å². The summed E-state index contributed by atoms with van der Waals surface area (Å²) in [6.45, 7) is 7.93. The normalized spacial score (nSPS) is 12.9. The minimum Gasteiger partial charge on any atom is -0.392 e. The number of hydrogen-bond acceptors (Lipinski definition) is 3. The average Bonchev–Trinajstić information content (AvgIpc) is 2.35. The molecule has 1 atom stereocenters. The first-order chi connectivity index (χ1) is 8.08. The Bertz CT molecular complexity index is 424. The van der Waals surface area contributed by atoms with E-state index in [1.54, 1.807) is 12.1 Å². The van der Waals surface area contributed by atoms with Crippen LogP contribution in [0.5, 0.6) is 0 Å². The van der Waals surface area contributed by atoms with Gasteiger partial charge in [0.15, 0.2) is 0 Å². The van der Waals surface area contributed by atoms with E-state index in [1.165, 1.54) is 0 Å². The molecular weight excluding hydrogens is 212 g/mol. The summed E-state index contributed by atoms with van der Waals surface area (Å²) in [6, 6.07) is 3.73. The smallest absolute Gasteiger partial charge is 0.123 e. The van der Waals surface area contributed by atoms with Gasteiger partial charge in [-0.2, -0.15) is 0 Å². The average molecular weight is 232 g/mol. The second kappa shape index (κ2) is 6.21. The van der Waals surface area contributed by atoms with Gasteiger partial charge >= 0.3 is 0 Å². The van der Waals surface area contributed by atoms with Gasteiger partial charge < -0.3 is 10.8 Å². The van der Waals surface area contributed by atoms with Crippen LogP contribution >= 0.6 is 0 Å². The van der Waals surface area contributed by atoms with Gasteiger partial charge in [-0.1, -0.05) is 32.6 Å². The Morgan fingerprint density at radius 1 is 1.59 bits per heavy atom. The number of nitrogens with zero attached hydrogens (tertiary/aromatic N) is 1. The summed E-state index contributed by atoms with van der Waals surface area (Å²) in [5, 5.41) is 8.90. The maximum absolute atomic E-state index is 8.90. The molecule has 3 heteroatoms. The van der Waals surface area contributed by atoms with Gasteiger partial charge in [-0.05, 0) is 35.6 Å². The predicted octanol–water partition coefficient (Wildman–Crippen LogP) is 2.74. The summed E-state index contributed by atoms with van der Waals surface area (Å²) < 4.78 is 0. The lowest BCUT2D eigenvalue weighted by Crippen LogP contribution is -2.02. The number of anilines is 1. The van der Waals surface area contributed by atoms with Gasteiger partial charge in [0, 0.05) is 0 Å². The molecule has 0 amide bonds. The zero-order valence-electron chi connectivity index (χ0n) is 10.5. The summed E-state index contributed by atoms with van der Waals surface area (Å²) >= 11 is 0. The van der Waals surface area contributed by atoms with Crippen LogP contribution in [0.2, 0.25) is 0 Å². The number of rotatable bonds is 5. The third-order valence-corrected chi connectivity index (χ3v) is 2.76. The Hall–Kier alpha value is -1.61. The molecule has 3 N–H and O–H groups in total. The molecule has 0 aliphatic heterocycles. The number of aliphatic hydroxyl groups excluding tert-OH is 1. The van der Waals surface area contributed by atoms with Crippen LogP contribution in [0.25, 0.3) is 6.08 Å². The van der Waals surface area contributed by atoms with Crippen LogP contribution in [-0.4, -0.2) is 16.7 Å². The summed E-state index contributed by atoms with van der Waals surface area (Å²) in [7, 11) is 0. The monoisotopic (exact) mass is 232 g/mol. The van der Waals surface area contributed by atoms with Gasteiger partial charge in [0.1, 0.15) is 5.82 Å². The van der Waals surface area contributed by atoms with Gasteiger partial charge in [-0.3, -0.25) is 0 Å². The fourth-order valence-corrected chi connectivity index (χ4v) is 1.49. The van der Waals surface area contributed by atoms with Crippen molar-refractivity contribution in [3.8, 4) is 0 Å². The highest BCUT2D eigenvalue weighted by Crippen LogP contribution is 2.23. The molecule has 1 aromatic heterocycles. The second-order valence-electron chi connectivity index (χ2n) is 4.17. The van der Waals surface area contributed by atoms with Crippen molar-refractivity contribution >= 4 is 11.9 Å². The standard InChI is InChI=1S/C14H20N2O/c1-4-11(3)14-12(6-5-10(2)9-17)7-8-13(15)16-14/h5-8,11,17H,2,4,9H2,1,3H3,(H2,15,16)/b6-5-. The third kappa shape index (κ3) is 3.71. The highest BCUT2D eigenvalue weighted by Gasteiger charge is 2.09. The van der Waals surface area contributed by atoms with Crippen molar-refractivity contribution in [2.24, 2.45) is 0 Å². The van der Waals surface area contributed by atoms with Gasteiger partial charge in [-0.25, -0.2) is 4.98 Å². The first kappa shape index (κ1) is 13.5. The molecule has 0 saturated carbocycles. The Morgan fingerprint density at radius 2 is 2.29 bits per heavy atom. The van der Waals surface area contributed by atoms with Crippen molar-refractivity contribution in [3.63, 3.8) is 0 Å². The quantitative estimate of drug-likeness (QED) is 0.767. The number of pyridine rings is 1. The van der Waals surface area contributed by atoms with Crippen molar-refractivity contribution in [2.75, 3.05) is 12.3 Å². The maximum Gasteiger partial charge on any atom is 0.123 e. The van der Waals surface area contributed by atoms with Gasteiger partial charge in [0.05, 0.1) is 12.3 Å². The van der Waals surface area contributed by atoms with Crippen LogP contribution in [0.4, 0.5) is 5.82 Å². The largest absolute Gasteiger partial charge is 0.392 e. The lowest BCUT2D eigenvalue weighted by atomic mass is 9.99. The van der Waals surface area contributed by atoms with E-state index in [9.17, 15) is 0 Å². The van der Waals surface area contributed by atoms with Crippen molar-refractivity contribution in [1.82, 2.24) is 4.98 Å². The number of aliphatic hydroxyl groups is 1. The molecule has 0 saturated heterocycles. The lowest BCUT2D eigenvalue weighted by Gasteiger charge is -2.12. The molecule has 1 aromatic rings. The zero-order valence-corrected chi connectivity index (χ0v) is 10.5. The Balaban J connectivity index is 3.06. The van der Waals surface area contributed by atoms with Crippen LogP contribution in [0.3, 0.4) is 0 Å². The number of nitrogen functional groups attached to an aromatic ring is 1. The first-order valence-electron chi connectivity index (χ1n) is 5.81. The topological polar surface area (TPSA) is 59.1 Å². The molecule has 1 rings (SSSR count). The van der Waals surface area contributed by atoms with Gasteiger partial charge in [-0.15, -0.1) is 0 Å². The highest BCUT2D eigenvalue weighted by atomic mass is 16.3. The van der Waals surface area contributed by atoms with E-state index in [1.807, 2.05) is 12.1 Å². The molecule has 0 spiro atoms. The highest BCUT2D eigenvalue weighted by molar-refractivity contribution is 5.57. The molecule has 0 aromatic carbocycles. The van der Waals surface area contributed by atoms with Crippen molar-refractivity contribution in [3.05, 3.63) is 41.6 Å². The van der Waals surface area contributed by atoms with Gasteiger partial charge in [0.25, 0.3) is 0 Å². The third-order valence-electron chi connectivity index (χ3n) is 2.76. The zero-order chi connectivity index (χ0) is 12.8. The molecule has 0 aliphatic rings. The molecule has 0 aliphatic carbocycles. The molecule has 0 bridgehead atoms. The van der Waals surface area contributed by atoms with E-state index >= 15 is 0 Å². The van der Waals surface area contributed by atoms with E-state index in [4.69, 9.17) is 10.8 Å². The Morgan fingerprint density at radius 3 is 2.88 bits per heavy atom. The first-order valence-corrected chi connectivity index (χ1v) is 5.81. The Labute approximate surface area is 103 Å². The minimum absolute atomic E-state index is 0.0302. The van der Waals surface area contributed by atoms with E-state index in [0.29, 0.717) is 17.3 Å². The van der Waals surface area contributed by atoms with E-state index in [2.05, 4.69) is 25.4 Å². The molecule has 3 nitrogen and oxygen atoms in total. The molecular formula is C14H20N2O. The second-order valence-corrected chi connectivity index (χ2v) is 4.17. The van der Waals surface area contributed by atoms with Crippen LogP contribution in [0, 0.1) is 0 Å². The molecule has 0 fully saturated rings. The summed E-state index contributed by atoms with van der Waals surface area (Å²) in [5.74, 6) is 0.902. The summed E-state index contributed by atoms with van der Waals surface area (Å²) in [6.07, 6.45) is 4.74. The molecule has 1 unspecified atom stereocenters. The van der Waals surface area contributed by atoms with Crippen LogP contribution in [-0.2, 0) is 0 Å². The fourth-order valence-electron chi connectivity index (χ4n) is 1.49. The molecule has 1 heterocycles. The van der Waals surface area contributed by atoms with Crippen molar-refractivity contribution in [2.45, 2.75) is 26.2 Å². The van der Waals surface area contributed by atoms with Gasteiger partial charge in [0.2, 0.25) is 0 Å². The minimum atomic E-state index is -0.0302.